The van der Waals surface area contributed by atoms with Crippen LogP contribution in [0.15, 0.2) is 48.8 Å². The molecular formula is C19H22N4O3. The zero-order chi connectivity index (χ0) is 18.2. The van der Waals surface area contributed by atoms with Gasteiger partial charge in [0.1, 0.15) is 0 Å². The maximum absolute atomic E-state index is 12.2. The molecule has 3 rings (SSSR count). The first kappa shape index (κ1) is 17.8. The SMILES string of the molecule is O=C(CCc1ccccc1)OCC(=O)N1CCN(c2ncccn2)CC1. The Morgan fingerprint density at radius 1 is 0.962 bits per heavy atom. The maximum atomic E-state index is 12.2. The Morgan fingerprint density at radius 3 is 2.35 bits per heavy atom. The fourth-order valence-electron chi connectivity index (χ4n) is 2.81. The molecular weight excluding hydrogens is 332 g/mol. The van der Waals surface area contributed by atoms with Gasteiger partial charge in [-0.1, -0.05) is 30.3 Å². The van der Waals surface area contributed by atoms with Crippen LogP contribution in [-0.2, 0) is 20.7 Å². The molecule has 0 bridgehead atoms. The Kier molecular flexibility index (Phi) is 6.14. The first-order valence-electron chi connectivity index (χ1n) is 8.71. The molecule has 0 aliphatic carbocycles. The summed E-state index contributed by atoms with van der Waals surface area (Å²) in [6.45, 7) is 2.27. The molecule has 7 heteroatoms. The number of piperazine rings is 1. The molecule has 1 aromatic heterocycles. The number of rotatable bonds is 6. The van der Waals surface area contributed by atoms with E-state index in [1.54, 1.807) is 23.4 Å². The van der Waals surface area contributed by atoms with Crippen molar-refractivity contribution in [1.82, 2.24) is 14.9 Å². The molecule has 1 aromatic carbocycles. The topological polar surface area (TPSA) is 75.6 Å². The summed E-state index contributed by atoms with van der Waals surface area (Å²) < 4.78 is 5.12. The van der Waals surface area contributed by atoms with Gasteiger partial charge < -0.3 is 14.5 Å². The molecule has 0 N–H and O–H groups in total. The van der Waals surface area contributed by atoms with Gasteiger partial charge in [-0.3, -0.25) is 9.59 Å². The molecule has 136 valence electrons. The lowest BCUT2D eigenvalue weighted by Gasteiger charge is -2.34. The molecule has 0 atom stereocenters. The molecule has 0 unspecified atom stereocenters. The van der Waals surface area contributed by atoms with Crippen LogP contribution < -0.4 is 4.90 Å². The largest absolute Gasteiger partial charge is 0.456 e. The van der Waals surface area contributed by atoms with Gasteiger partial charge in [0.05, 0.1) is 0 Å². The highest BCUT2D eigenvalue weighted by Crippen LogP contribution is 2.10. The Labute approximate surface area is 152 Å². The van der Waals surface area contributed by atoms with E-state index in [9.17, 15) is 9.59 Å². The Balaban J connectivity index is 1.37. The molecule has 1 saturated heterocycles. The third-order valence-electron chi connectivity index (χ3n) is 4.28. The number of ether oxygens (including phenoxy) is 1. The first-order valence-corrected chi connectivity index (χ1v) is 8.71. The average molecular weight is 354 g/mol. The number of carbonyl (C=O) groups is 2. The first-order chi connectivity index (χ1) is 12.7. The van der Waals surface area contributed by atoms with Crippen LogP contribution in [0.5, 0.6) is 0 Å². The summed E-state index contributed by atoms with van der Waals surface area (Å²) in [6.07, 6.45) is 4.30. The Bertz CT molecular complexity index is 716. The van der Waals surface area contributed by atoms with Crippen LogP contribution in [0.4, 0.5) is 5.95 Å². The van der Waals surface area contributed by atoms with E-state index in [0.29, 0.717) is 38.5 Å². The number of amides is 1. The van der Waals surface area contributed by atoms with Crippen LogP contribution in [0, 0.1) is 0 Å². The lowest BCUT2D eigenvalue weighted by atomic mass is 10.1. The predicted molar refractivity (Wildman–Crippen MR) is 96.5 cm³/mol. The summed E-state index contributed by atoms with van der Waals surface area (Å²) in [6, 6.07) is 11.5. The quantitative estimate of drug-likeness (QED) is 0.728. The second-order valence-corrected chi connectivity index (χ2v) is 6.06. The minimum atomic E-state index is -0.349. The standard InChI is InChI=1S/C19H22N4O3/c24-17(15-26-18(25)8-7-16-5-2-1-3-6-16)22-11-13-23(14-12-22)19-20-9-4-10-21-19/h1-6,9-10H,7-8,11-15H2. The summed E-state index contributed by atoms with van der Waals surface area (Å²) in [7, 11) is 0. The summed E-state index contributed by atoms with van der Waals surface area (Å²) in [5, 5.41) is 0. The van der Waals surface area contributed by atoms with E-state index >= 15 is 0 Å². The minimum Gasteiger partial charge on any atom is -0.456 e. The maximum Gasteiger partial charge on any atom is 0.306 e. The van der Waals surface area contributed by atoms with Crippen LogP contribution in [-0.4, -0.2) is 59.5 Å². The number of carbonyl (C=O) groups excluding carboxylic acids is 2. The third-order valence-corrected chi connectivity index (χ3v) is 4.28. The highest BCUT2D eigenvalue weighted by Gasteiger charge is 2.23. The molecule has 1 fully saturated rings. The van der Waals surface area contributed by atoms with Crippen LogP contribution in [0.25, 0.3) is 0 Å². The molecule has 7 nitrogen and oxygen atoms in total. The van der Waals surface area contributed by atoms with Crippen LogP contribution in [0.1, 0.15) is 12.0 Å². The molecule has 0 spiro atoms. The molecule has 1 aliphatic heterocycles. The number of benzene rings is 1. The molecule has 0 saturated carbocycles. The van der Waals surface area contributed by atoms with E-state index in [4.69, 9.17) is 4.74 Å². The highest BCUT2D eigenvalue weighted by molar-refractivity contribution is 5.81. The van der Waals surface area contributed by atoms with Crippen LogP contribution in [0.3, 0.4) is 0 Å². The van der Waals surface area contributed by atoms with E-state index in [1.165, 1.54) is 0 Å². The van der Waals surface area contributed by atoms with Gasteiger partial charge in [0.2, 0.25) is 5.95 Å². The number of anilines is 1. The van der Waals surface area contributed by atoms with Crippen molar-refractivity contribution in [2.24, 2.45) is 0 Å². The van der Waals surface area contributed by atoms with Gasteiger partial charge in [0.25, 0.3) is 5.91 Å². The molecule has 1 amide bonds. The number of hydrogen-bond donors (Lipinski definition) is 0. The monoisotopic (exact) mass is 354 g/mol. The van der Waals surface area contributed by atoms with Gasteiger partial charge in [0.15, 0.2) is 6.61 Å². The van der Waals surface area contributed by atoms with Crippen molar-refractivity contribution in [3.63, 3.8) is 0 Å². The number of hydrogen-bond acceptors (Lipinski definition) is 6. The molecule has 1 aliphatic rings. The number of nitrogens with zero attached hydrogens (tertiary/aromatic N) is 4. The van der Waals surface area contributed by atoms with Gasteiger partial charge in [-0.2, -0.15) is 0 Å². The predicted octanol–water partition coefficient (Wildman–Crippen LogP) is 1.30. The fraction of sp³-hybridized carbons (Fsp3) is 0.368. The summed E-state index contributed by atoms with van der Waals surface area (Å²) in [5.74, 6) is 0.164. The smallest absolute Gasteiger partial charge is 0.306 e. The molecule has 26 heavy (non-hydrogen) atoms. The summed E-state index contributed by atoms with van der Waals surface area (Å²) in [5.41, 5.74) is 1.08. The molecule has 2 heterocycles. The van der Waals surface area contributed by atoms with Crippen molar-refractivity contribution in [2.75, 3.05) is 37.7 Å². The van der Waals surface area contributed by atoms with E-state index in [1.807, 2.05) is 35.2 Å². The van der Waals surface area contributed by atoms with E-state index in [-0.39, 0.29) is 24.9 Å². The number of aromatic nitrogens is 2. The van der Waals surface area contributed by atoms with E-state index in [0.717, 1.165) is 5.56 Å². The van der Waals surface area contributed by atoms with Crippen molar-refractivity contribution in [3.8, 4) is 0 Å². The van der Waals surface area contributed by atoms with Gasteiger partial charge in [-0.05, 0) is 18.1 Å². The normalized spacial score (nSPS) is 14.2. The lowest BCUT2D eigenvalue weighted by molar-refractivity contribution is -0.152. The third kappa shape index (κ3) is 5.02. The van der Waals surface area contributed by atoms with Crippen molar-refractivity contribution >= 4 is 17.8 Å². The van der Waals surface area contributed by atoms with Gasteiger partial charge in [-0.15, -0.1) is 0 Å². The van der Waals surface area contributed by atoms with Crippen molar-refractivity contribution in [3.05, 3.63) is 54.4 Å². The summed E-state index contributed by atoms with van der Waals surface area (Å²) in [4.78, 5) is 36.2. The minimum absolute atomic E-state index is 0.160. The van der Waals surface area contributed by atoms with E-state index < -0.39 is 0 Å². The van der Waals surface area contributed by atoms with Crippen molar-refractivity contribution < 1.29 is 14.3 Å². The van der Waals surface area contributed by atoms with Gasteiger partial charge >= 0.3 is 5.97 Å². The molecule has 0 radical (unpaired) electrons. The van der Waals surface area contributed by atoms with Crippen LogP contribution >= 0.6 is 0 Å². The number of aryl methyl sites for hydroxylation is 1. The van der Waals surface area contributed by atoms with Crippen molar-refractivity contribution in [2.45, 2.75) is 12.8 Å². The zero-order valence-corrected chi connectivity index (χ0v) is 14.6. The lowest BCUT2D eigenvalue weighted by Crippen LogP contribution is -2.50. The molecule has 2 aromatic rings. The second kappa shape index (κ2) is 8.94. The Hall–Kier alpha value is -2.96. The second-order valence-electron chi connectivity index (χ2n) is 6.06. The van der Waals surface area contributed by atoms with Crippen LogP contribution in [0.2, 0.25) is 0 Å². The fourth-order valence-corrected chi connectivity index (χ4v) is 2.81. The number of esters is 1. The summed E-state index contributed by atoms with van der Waals surface area (Å²) >= 11 is 0. The average Bonchev–Trinajstić information content (AvgIpc) is 2.72. The van der Waals surface area contributed by atoms with Crippen molar-refractivity contribution in [1.29, 1.82) is 0 Å². The van der Waals surface area contributed by atoms with Gasteiger partial charge in [-0.25, -0.2) is 9.97 Å². The van der Waals surface area contributed by atoms with E-state index in [2.05, 4.69) is 9.97 Å². The highest BCUT2D eigenvalue weighted by atomic mass is 16.5. The van der Waals surface area contributed by atoms with Gasteiger partial charge in [0, 0.05) is 45.0 Å². The zero-order valence-electron chi connectivity index (χ0n) is 14.6. The Morgan fingerprint density at radius 2 is 1.65 bits per heavy atom.